The minimum atomic E-state index is -0.539. The van der Waals surface area contributed by atoms with Gasteiger partial charge in [-0.15, -0.1) is 12.4 Å². The summed E-state index contributed by atoms with van der Waals surface area (Å²) in [5.41, 5.74) is 6.16. The second-order valence-electron chi connectivity index (χ2n) is 4.97. The SMILES string of the molecule is CCC(C)C(N)C(=O)NCCNC(=O)c1ccc(F)cc1.Cl. The van der Waals surface area contributed by atoms with Gasteiger partial charge in [0.05, 0.1) is 6.04 Å². The van der Waals surface area contributed by atoms with Gasteiger partial charge in [0.1, 0.15) is 5.82 Å². The molecule has 0 fully saturated rings. The summed E-state index contributed by atoms with van der Waals surface area (Å²) >= 11 is 0. The zero-order valence-corrected chi connectivity index (χ0v) is 13.6. The first kappa shape index (κ1) is 20.3. The maximum Gasteiger partial charge on any atom is 0.251 e. The number of halogens is 2. The molecule has 0 aliphatic carbocycles. The molecular formula is C15H23ClFN3O2. The van der Waals surface area contributed by atoms with Crippen molar-refractivity contribution in [1.29, 1.82) is 0 Å². The molecule has 7 heteroatoms. The zero-order valence-electron chi connectivity index (χ0n) is 12.8. The number of carbonyl (C=O) groups excluding carboxylic acids is 2. The lowest BCUT2D eigenvalue weighted by Gasteiger charge is -2.17. The Morgan fingerprint density at radius 1 is 1.18 bits per heavy atom. The number of carbonyl (C=O) groups is 2. The van der Waals surface area contributed by atoms with Gasteiger partial charge in [0.15, 0.2) is 0 Å². The van der Waals surface area contributed by atoms with E-state index in [-0.39, 0.29) is 36.7 Å². The quantitative estimate of drug-likeness (QED) is 0.661. The van der Waals surface area contributed by atoms with Crippen molar-refractivity contribution in [1.82, 2.24) is 10.6 Å². The highest BCUT2D eigenvalue weighted by molar-refractivity contribution is 5.94. The molecule has 1 aromatic carbocycles. The standard InChI is InChI=1S/C15H22FN3O2.ClH/c1-3-10(2)13(17)15(21)19-9-8-18-14(20)11-4-6-12(16)7-5-11;/h4-7,10,13H,3,8-9,17H2,1-2H3,(H,18,20)(H,19,21);1H. The largest absolute Gasteiger partial charge is 0.353 e. The summed E-state index contributed by atoms with van der Waals surface area (Å²) in [6.45, 7) is 4.48. The summed E-state index contributed by atoms with van der Waals surface area (Å²) in [5.74, 6) is -0.812. The Kier molecular flexibility index (Phi) is 9.37. The van der Waals surface area contributed by atoms with Gasteiger partial charge >= 0.3 is 0 Å². The number of hydrogen-bond acceptors (Lipinski definition) is 3. The number of nitrogens with two attached hydrogens (primary N) is 1. The molecule has 0 aromatic heterocycles. The third kappa shape index (κ3) is 6.41. The van der Waals surface area contributed by atoms with Crippen LogP contribution in [0.2, 0.25) is 0 Å². The van der Waals surface area contributed by atoms with E-state index in [0.29, 0.717) is 12.1 Å². The molecule has 0 aliphatic heterocycles. The lowest BCUT2D eigenvalue weighted by atomic mass is 9.99. The van der Waals surface area contributed by atoms with Crippen LogP contribution < -0.4 is 16.4 Å². The fraction of sp³-hybridized carbons (Fsp3) is 0.467. The molecule has 0 saturated carbocycles. The number of nitrogens with one attached hydrogen (secondary N) is 2. The summed E-state index contributed by atoms with van der Waals surface area (Å²) in [4.78, 5) is 23.4. The first-order chi connectivity index (χ1) is 9.95. The highest BCUT2D eigenvalue weighted by Gasteiger charge is 2.18. The first-order valence-electron chi connectivity index (χ1n) is 7.02. The molecule has 0 aliphatic rings. The van der Waals surface area contributed by atoms with Gasteiger partial charge in [0.2, 0.25) is 5.91 Å². The van der Waals surface area contributed by atoms with Gasteiger partial charge in [0.25, 0.3) is 5.91 Å². The van der Waals surface area contributed by atoms with Crippen LogP contribution in [-0.4, -0.2) is 30.9 Å². The van der Waals surface area contributed by atoms with Crippen molar-refractivity contribution < 1.29 is 14.0 Å². The molecule has 124 valence electrons. The smallest absolute Gasteiger partial charge is 0.251 e. The normalized spacial score (nSPS) is 12.7. The molecule has 4 N–H and O–H groups in total. The Hall–Kier alpha value is -1.66. The molecule has 5 nitrogen and oxygen atoms in total. The molecule has 0 saturated heterocycles. The minimum absolute atomic E-state index is 0. The fourth-order valence-electron chi connectivity index (χ4n) is 1.70. The van der Waals surface area contributed by atoms with Crippen LogP contribution in [0.5, 0.6) is 0 Å². The van der Waals surface area contributed by atoms with E-state index in [1.54, 1.807) is 0 Å². The number of rotatable bonds is 7. The van der Waals surface area contributed by atoms with Crippen LogP contribution in [0, 0.1) is 11.7 Å². The predicted octanol–water partition coefficient (Wildman–Crippen LogP) is 1.47. The number of hydrogen-bond donors (Lipinski definition) is 3. The van der Waals surface area contributed by atoms with E-state index >= 15 is 0 Å². The summed E-state index contributed by atoms with van der Waals surface area (Å²) in [5, 5.41) is 5.31. The highest BCUT2D eigenvalue weighted by atomic mass is 35.5. The van der Waals surface area contributed by atoms with E-state index < -0.39 is 11.9 Å². The topological polar surface area (TPSA) is 84.2 Å². The number of amides is 2. The van der Waals surface area contributed by atoms with Gasteiger partial charge in [-0.25, -0.2) is 4.39 Å². The van der Waals surface area contributed by atoms with Gasteiger partial charge in [-0.3, -0.25) is 9.59 Å². The highest BCUT2D eigenvalue weighted by Crippen LogP contribution is 2.04. The molecule has 0 bridgehead atoms. The van der Waals surface area contributed by atoms with Crippen LogP contribution in [0.25, 0.3) is 0 Å². The molecule has 1 aromatic rings. The maximum absolute atomic E-state index is 12.7. The molecule has 0 radical (unpaired) electrons. The van der Waals surface area contributed by atoms with Crippen LogP contribution in [-0.2, 0) is 4.79 Å². The third-order valence-corrected chi connectivity index (χ3v) is 3.38. The lowest BCUT2D eigenvalue weighted by Crippen LogP contribution is -2.46. The second kappa shape index (κ2) is 10.1. The lowest BCUT2D eigenvalue weighted by molar-refractivity contribution is -0.123. The van der Waals surface area contributed by atoms with Crippen LogP contribution >= 0.6 is 12.4 Å². The monoisotopic (exact) mass is 331 g/mol. The third-order valence-electron chi connectivity index (χ3n) is 3.38. The van der Waals surface area contributed by atoms with E-state index in [2.05, 4.69) is 10.6 Å². The van der Waals surface area contributed by atoms with Crippen LogP contribution in [0.15, 0.2) is 24.3 Å². The van der Waals surface area contributed by atoms with Crippen molar-refractivity contribution >= 4 is 24.2 Å². The Balaban J connectivity index is 0.00000441. The van der Waals surface area contributed by atoms with Crippen molar-refractivity contribution in [2.45, 2.75) is 26.3 Å². The van der Waals surface area contributed by atoms with Gasteiger partial charge in [-0.1, -0.05) is 20.3 Å². The van der Waals surface area contributed by atoms with Crippen LogP contribution in [0.1, 0.15) is 30.6 Å². The van der Waals surface area contributed by atoms with E-state index in [4.69, 9.17) is 5.73 Å². The van der Waals surface area contributed by atoms with Gasteiger partial charge < -0.3 is 16.4 Å². The van der Waals surface area contributed by atoms with E-state index in [9.17, 15) is 14.0 Å². The molecule has 1 rings (SSSR count). The summed E-state index contributed by atoms with van der Waals surface area (Å²) < 4.78 is 12.7. The molecule has 2 atom stereocenters. The first-order valence-corrected chi connectivity index (χ1v) is 7.02. The molecule has 2 unspecified atom stereocenters. The minimum Gasteiger partial charge on any atom is -0.353 e. The molecule has 22 heavy (non-hydrogen) atoms. The average Bonchev–Trinajstić information content (AvgIpc) is 2.50. The van der Waals surface area contributed by atoms with Crippen molar-refractivity contribution in [2.24, 2.45) is 11.7 Å². The summed E-state index contributed by atoms with van der Waals surface area (Å²) in [6, 6.07) is 4.72. The van der Waals surface area contributed by atoms with Gasteiger partial charge in [-0.2, -0.15) is 0 Å². The summed E-state index contributed by atoms with van der Waals surface area (Å²) in [7, 11) is 0. The number of benzene rings is 1. The molecule has 0 spiro atoms. The summed E-state index contributed by atoms with van der Waals surface area (Å²) in [6.07, 6.45) is 0.829. The van der Waals surface area contributed by atoms with Gasteiger partial charge in [0, 0.05) is 18.7 Å². The second-order valence-corrected chi connectivity index (χ2v) is 4.97. The maximum atomic E-state index is 12.7. The van der Waals surface area contributed by atoms with Crippen molar-refractivity contribution in [3.05, 3.63) is 35.6 Å². The van der Waals surface area contributed by atoms with Crippen molar-refractivity contribution in [2.75, 3.05) is 13.1 Å². The van der Waals surface area contributed by atoms with E-state index in [0.717, 1.165) is 6.42 Å². The van der Waals surface area contributed by atoms with Crippen molar-refractivity contribution in [3.8, 4) is 0 Å². The molecular weight excluding hydrogens is 309 g/mol. The Morgan fingerprint density at radius 2 is 1.73 bits per heavy atom. The molecule has 0 heterocycles. The Labute approximate surface area is 136 Å². The Bertz CT molecular complexity index is 482. The Morgan fingerprint density at radius 3 is 2.27 bits per heavy atom. The van der Waals surface area contributed by atoms with E-state index in [1.165, 1.54) is 24.3 Å². The van der Waals surface area contributed by atoms with Gasteiger partial charge in [-0.05, 0) is 30.2 Å². The van der Waals surface area contributed by atoms with Crippen LogP contribution in [0.3, 0.4) is 0 Å². The fourth-order valence-corrected chi connectivity index (χ4v) is 1.70. The van der Waals surface area contributed by atoms with E-state index in [1.807, 2.05) is 13.8 Å². The van der Waals surface area contributed by atoms with Crippen LogP contribution in [0.4, 0.5) is 4.39 Å². The van der Waals surface area contributed by atoms with Crippen molar-refractivity contribution in [3.63, 3.8) is 0 Å². The zero-order chi connectivity index (χ0) is 15.8. The molecule has 2 amide bonds. The average molecular weight is 332 g/mol. The predicted molar refractivity (Wildman–Crippen MR) is 86.4 cm³/mol.